The van der Waals surface area contributed by atoms with E-state index in [1.807, 2.05) is 6.92 Å². The summed E-state index contributed by atoms with van der Waals surface area (Å²) in [5.74, 6) is -0.516. The van der Waals surface area contributed by atoms with Crippen molar-refractivity contribution in [1.82, 2.24) is 10.2 Å². The number of nitrogens with zero attached hydrogens (tertiary/aromatic N) is 1. The van der Waals surface area contributed by atoms with Gasteiger partial charge in [-0.25, -0.2) is 9.89 Å². The van der Waals surface area contributed by atoms with Crippen LogP contribution in [0.3, 0.4) is 0 Å². The lowest BCUT2D eigenvalue weighted by atomic mass is 10.4. The third-order valence-electron chi connectivity index (χ3n) is 1.33. The minimum atomic E-state index is -0.516. The van der Waals surface area contributed by atoms with Crippen LogP contribution in [0.5, 0.6) is 0 Å². The van der Waals surface area contributed by atoms with E-state index in [0.29, 0.717) is 6.61 Å². The highest BCUT2D eigenvalue weighted by Crippen LogP contribution is 1.93. The maximum Gasteiger partial charge on any atom is 0.358 e. The monoisotopic (exact) mass is 182 g/mol. The van der Waals surface area contributed by atoms with Crippen molar-refractivity contribution in [2.75, 3.05) is 6.61 Å². The Morgan fingerprint density at radius 3 is 2.92 bits per heavy atom. The molecular weight excluding hydrogens is 172 g/mol. The van der Waals surface area contributed by atoms with Gasteiger partial charge in [0.25, 0.3) is 5.56 Å². The standard InChI is InChI=1S/C8H10N2O3/c1-2-5-13-8(12)6-3-4-7(11)10-9-6/h3-4H,2,5H2,1H3,(H,10,11). The van der Waals surface area contributed by atoms with Crippen LogP contribution in [0.2, 0.25) is 0 Å². The Morgan fingerprint density at radius 1 is 1.62 bits per heavy atom. The topological polar surface area (TPSA) is 72.1 Å². The quantitative estimate of drug-likeness (QED) is 0.684. The Balaban J connectivity index is 2.66. The first kappa shape index (κ1) is 9.44. The fraction of sp³-hybridized carbons (Fsp3) is 0.375. The SMILES string of the molecule is CCCOC(=O)c1ccc(=O)[nH]n1. The molecule has 0 amide bonds. The summed E-state index contributed by atoms with van der Waals surface area (Å²) in [6.07, 6.45) is 0.759. The normalized spacial score (nSPS) is 9.62. The molecule has 0 aromatic carbocycles. The molecule has 0 aliphatic carbocycles. The van der Waals surface area contributed by atoms with Crippen LogP contribution in [-0.2, 0) is 4.74 Å². The molecule has 5 nitrogen and oxygen atoms in total. The second kappa shape index (κ2) is 4.39. The summed E-state index contributed by atoms with van der Waals surface area (Å²) < 4.78 is 4.79. The van der Waals surface area contributed by atoms with E-state index < -0.39 is 5.97 Å². The number of esters is 1. The lowest BCUT2D eigenvalue weighted by Gasteiger charge is -2.00. The van der Waals surface area contributed by atoms with Crippen LogP contribution in [0.25, 0.3) is 0 Å². The van der Waals surface area contributed by atoms with Gasteiger partial charge in [-0.05, 0) is 12.5 Å². The maximum atomic E-state index is 11.1. The highest BCUT2D eigenvalue weighted by molar-refractivity contribution is 5.86. The Labute approximate surface area is 74.7 Å². The van der Waals surface area contributed by atoms with Crippen LogP contribution in [-0.4, -0.2) is 22.8 Å². The smallest absolute Gasteiger partial charge is 0.358 e. The molecule has 5 heteroatoms. The number of hydrogen-bond acceptors (Lipinski definition) is 4. The third-order valence-corrected chi connectivity index (χ3v) is 1.33. The predicted molar refractivity (Wildman–Crippen MR) is 45.4 cm³/mol. The number of H-pyrrole nitrogens is 1. The van der Waals surface area contributed by atoms with Crippen LogP contribution in [0, 0.1) is 0 Å². The van der Waals surface area contributed by atoms with Crippen LogP contribution < -0.4 is 5.56 Å². The Morgan fingerprint density at radius 2 is 2.38 bits per heavy atom. The van der Waals surface area contributed by atoms with Crippen molar-refractivity contribution in [2.45, 2.75) is 13.3 Å². The Kier molecular flexibility index (Phi) is 3.19. The number of ether oxygens (including phenoxy) is 1. The average molecular weight is 182 g/mol. The van der Waals surface area contributed by atoms with E-state index in [0.717, 1.165) is 6.42 Å². The molecule has 0 spiro atoms. The molecule has 1 heterocycles. The lowest BCUT2D eigenvalue weighted by molar-refractivity contribution is 0.0496. The van der Waals surface area contributed by atoms with Crippen molar-refractivity contribution in [3.63, 3.8) is 0 Å². The number of nitrogens with one attached hydrogen (secondary N) is 1. The summed E-state index contributed by atoms with van der Waals surface area (Å²) in [6, 6.07) is 2.56. The first-order valence-corrected chi connectivity index (χ1v) is 3.97. The molecule has 0 saturated carbocycles. The first-order chi connectivity index (χ1) is 6.24. The predicted octanol–water partition coefficient (Wildman–Crippen LogP) is 0.337. The Hall–Kier alpha value is -1.65. The molecule has 1 rings (SSSR count). The van der Waals surface area contributed by atoms with Gasteiger partial charge in [-0.3, -0.25) is 4.79 Å². The van der Waals surface area contributed by atoms with Gasteiger partial charge in [-0.15, -0.1) is 0 Å². The zero-order chi connectivity index (χ0) is 9.68. The van der Waals surface area contributed by atoms with E-state index in [2.05, 4.69) is 10.2 Å². The summed E-state index contributed by atoms with van der Waals surface area (Å²) >= 11 is 0. The fourth-order valence-corrected chi connectivity index (χ4v) is 0.727. The second-order valence-corrected chi connectivity index (χ2v) is 2.44. The van der Waals surface area contributed by atoms with Crippen molar-refractivity contribution in [2.24, 2.45) is 0 Å². The van der Waals surface area contributed by atoms with Crippen molar-refractivity contribution in [1.29, 1.82) is 0 Å². The van der Waals surface area contributed by atoms with Crippen LogP contribution in [0.1, 0.15) is 23.8 Å². The summed E-state index contributed by atoms with van der Waals surface area (Å²) in [5.41, 5.74) is -0.222. The molecule has 0 unspecified atom stereocenters. The van der Waals surface area contributed by atoms with Gasteiger partial charge in [-0.2, -0.15) is 5.10 Å². The lowest BCUT2D eigenvalue weighted by Crippen LogP contribution is -2.13. The maximum absolute atomic E-state index is 11.1. The molecule has 0 bridgehead atoms. The number of aromatic amines is 1. The van der Waals surface area contributed by atoms with Gasteiger partial charge in [0.15, 0.2) is 5.69 Å². The number of carbonyl (C=O) groups excluding carboxylic acids is 1. The number of hydrogen-bond donors (Lipinski definition) is 1. The molecule has 0 radical (unpaired) electrons. The first-order valence-electron chi connectivity index (χ1n) is 3.97. The minimum Gasteiger partial charge on any atom is -0.461 e. The molecule has 0 aliphatic heterocycles. The molecule has 0 aliphatic rings. The van der Waals surface area contributed by atoms with Crippen molar-refractivity contribution in [3.05, 3.63) is 28.2 Å². The van der Waals surface area contributed by atoms with Crippen molar-refractivity contribution < 1.29 is 9.53 Å². The highest BCUT2D eigenvalue weighted by atomic mass is 16.5. The van der Waals surface area contributed by atoms with Gasteiger partial charge in [-0.1, -0.05) is 6.92 Å². The van der Waals surface area contributed by atoms with Gasteiger partial charge in [0, 0.05) is 6.07 Å². The third kappa shape index (κ3) is 2.70. The fourth-order valence-electron chi connectivity index (χ4n) is 0.727. The van der Waals surface area contributed by atoms with Gasteiger partial charge >= 0.3 is 5.97 Å². The molecule has 1 N–H and O–H groups in total. The summed E-state index contributed by atoms with van der Waals surface area (Å²) in [6.45, 7) is 2.26. The van der Waals surface area contributed by atoms with Crippen molar-refractivity contribution >= 4 is 5.97 Å². The second-order valence-electron chi connectivity index (χ2n) is 2.44. The van der Waals surface area contributed by atoms with Crippen LogP contribution >= 0.6 is 0 Å². The van der Waals surface area contributed by atoms with Gasteiger partial charge < -0.3 is 4.74 Å². The summed E-state index contributed by atoms with van der Waals surface area (Å²) in [4.78, 5) is 21.7. The zero-order valence-corrected chi connectivity index (χ0v) is 7.24. The van der Waals surface area contributed by atoms with Gasteiger partial charge in [0.2, 0.25) is 0 Å². The molecule has 1 aromatic heterocycles. The molecule has 0 fully saturated rings. The molecule has 70 valence electrons. The highest BCUT2D eigenvalue weighted by Gasteiger charge is 2.07. The van der Waals surface area contributed by atoms with E-state index in [4.69, 9.17) is 4.74 Å². The van der Waals surface area contributed by atoms with Crippen molar-refractivity contribution in [3.8, 4) is 0 Å². The zero-order valence-electron chi connectivity index (χ0n) is 7.24. The van der Waals surface area contributed by atoms with E-state index >= 15 is 0 Å². The van der Waals surface area contributed by atoms with Crippen LogP contribution in [0.15, 0.2) is 16.9 Å². The number of carbonyl (C=O) groups is 1. The van der Waals surface area contributed by atoms with E-state index in [9.17, 15) is 9.59 Å². The molecule has 0 saturated heterocycles. The average Bonchev–Trinajstić information content (AvgIpc) is 2.15. The largest absolute Gasteiger partial charge is 0.461 e. The minimum absolute atomic E-state index is 0.119. The number of rotatable bonds is 3. The van der Waals surface area contributed by atoms with Crippen LogP contribution in [0.4, 0.5) is 0 Å². The van der Waals surface area contributed by atoms with E-state index in [1.165, 1.54) is 12.1 Å². The van der Waals surface area contributed by atoms with Gasteiger partial charge in [0.1, 0.15) is 0 Å². The molecular formula is C8H10N2O3. The van der Waals surface area contributed by atoms with E-state index in [-0.39, 0.29) is 11.3 Å². The molecule has 13 heavy (non-hydrogen) atoms. The summed E-state index contributed by atoms with van der Waals surface area (Å²) in [5, 5.41) is 5.67. The summed E-state index contributed by atoms with van der Waals surface area (Å²) in [7, 11) is 0. The Bertz CT molecular complexity index is 325. The van der Waals surface area contributed by atoms with Gasteiger partial charge in [0.05, 0.1) is 6.61 Å². The van der Waals surface area contributed by atoms with E-state index in [1.54, 1.807) is 0 Å². The molecule has 0 atom stereocenters. The number of aromatic nitrogens is 2. The molecule has 1 aromatic rings.